The number of carbonyl (C=O) groups excluding carboxylic acids is 2. The number of H-pyrrole nitrogens is 1. The molecule has 1 aliphatic heterocycles. The summed E-state index contributed by atoms with van der Waals surface area (Å²) < 4.78 is 0. The number of hydrogen-bond donors (Lipinski definition) is 1. The summed E-state index contributed by atoms with van der Waals surface area (Å²) in [6.45, 7) is 7.93. The lowest BCUT2D eigenvalue weighted by Crippen LogP contribution is -2.59. The minimum absolute atomic E-state index is 0.00859. The van der Waals surface area contributed by atoms with E-state index < -0.39 is 6.04 Å². The monoisotopic (exact) mass is 445 g/mol. The van der Waals surface area contributed by atoms with Gasteiger partial charge in [-0.05, 0) is 47.2 Å². The molecular formula is C26H31N5O2. The van der Waals surface area contributed by atoms with Crippen molar-refractivity contribution >= 4 is 11.8 Å². The Morgan fingerprint density at radius 3 is 2.42 bits per heavy atom. The van der Waals surface area contributed by atoms with Crippen LogP contribution >= 0.6 is 0 Å². The van der Waals surface area contributed by atoms with Gasteiger partial charge < -0.3 is 9.80 Å². The molecule has 7 heteroatoms. The van der Waals surface area contributed by atoms with E-state index in [0.29, 0.717) is 31.7 Å². The summed E-state index contributed by atoms with van der Waals surface area (Å²) >= 11 is 0. The second-order valence-electron chi connectivity index (χ2n) is 8.84. The molecule has 33 heavy (non-hydrogen) atoms. The molecule has 2 aromatic heterocycles. The van der Waals surface area contributed by atoms with E-state index in [1.807, 2.05) is 43.0 Å². The quantitative estimate of drug-likeness (QED) is 0.598. The SMILES string of the molecule is CCCN1CCN(C(=O)c2cc(C(C)C)[nH]n2)C(Cc2ccc(-c3ccncc3)cc2)C1=O. The maximum absolute atomic E-state index is 13.4. The van der Waals surface area contributed by atoms with Crippen molar-refractivity contribution in [3.8, 4) is 11.1 Å². The van der Waals surface area contributed by atoms with Crippen molar-refractivity contribution in [2.24, 2.45) is 0 Å². The molecule has 1 atom stereocenters. The first-order valence-corrected chi connectivity index (χ1v) is 11.6. The van der Waals surface area contributed by atoms with Crippen molar-refractivity contribution in [3.05, 3.63) is 71.8 Å². The fraction of sp³-hybridized carbons (Fsp3) is 0.385. The number of benzene rings is 1. The van der Waals surface area contributed by atoms with Crippen LogP contribution in [0, 0.1) is 0 Å². The van der Waals surface area contributed by atoms with Crippen LogP contribution in [-0.2, 0) is 11.2 Å². The van der Waals surface area contributed by atoms with Crippen LogP contribution in [0.25, 0.3) is 11.1 Å². The lowest BCUT2D eigenvalue weighted by atomic mass is 9.98. The molecule has 3 heterocycles. The van der Waals surface area contributed by atoms with Gasteiger partial charge in [0.15, 0.2) is 0 Å². The summed E-state index contributed by atoms with van der Waals surface area (Å²) in [5, 5.41) is 7.19. The molecule has 1 fully saturated rings. The fourth-order valence-electron chi connectivity index (χ4n) is 4.26. The standard InChI is InChI=1S/C26H31N5O2/c1-4-13-30-14-15-31(25(32)23-17-22(18(2)3)28-29-23)24(26(30)33)16-19-5-7-20(8-6-19)21-9-11-27-12-10-21/h5-12,17-18,24H,4,13-16H2,1-3H3,(H,28,29). The van der Waals surface area contributed by atoms with Crippen LogP contribution in [0.1, 0.15) is 54.9 Å². The molecule has 7 nitrogen and oxygen atoms in total. The second kappa shape index (κ2) is 9.98. The predicted molar refractivity (Wildman–Crippen MR) is 128 cm³/mol. The van der Waals surface area contributed by atoms with Gasteiger partial charge in [0.2, 0.25) is 5.91 Å². The minimum atomic E-state index is -0.538. The van der Waals surface area contributed by atoms with Gasteiger partial charge in [0, 0.05) is 44.1 Å². The van der Waals surface area contributed by atoms with Crippen LogP contribution in [0.15, 0.2) is 54.9 Å². The Morgan fingerprint density at radius 1 is 1.09 bits per heavy atom. The van der Waals surface area contributed by atoms with E-state index in [-0.39, 0.29) is 17.7 Å². The maximum Gasteiger partial charge on any atom is 0.275 e. The molecule has 1 unspecified atom stereocenters. The molecular weight excluding hydrogens is 414 g/mol. The molecule has 172 valence electrons. The Bertz CT molecular complexity index is 1090. The zero-order chi connectivity index (χ0) is 23.4. The molecule has 3 aromatic rings. The number of amides is 2. The first kappa shape index (κ1) is 22.7. The topological polar surface area (TPSA) is 82.2 Å². The zero-order valence-electron chi connectivity index (χ0n) is 19.5. The van der Waals surface area contributed by atoms with E-state index in [1.165, 1.54) is 0 Å². The van der Waals surface area contributed by atoms with Crippen LogP contribution in [-0.4, -0.2) is 62.5 Å². The number of nitrogens with zero attached hydrogens (tertiary/aromatic N) is 4. The average Bonchev–Trinajstić information content (AvgIpc) is 3.33. The van der Waals surface area contributed by atoms with Gasteiger partial charge >= 0.3 is 0 Å². The smallest absolute Gasteiger partial charge is 0.275 e. The molecule has 2 amide bonds. The molecule has 0 radical (unpaired) electrons. The first-order chi connectivity index (χ1) is 16.0. The number of pyridine rings is 1. The summed E-state index contributed by atoms with van der Waals surface area (Å²) in [4.78, 5) is 34.4. The second-order valence-corrected chi connectivity index (χ2v) is 8.84. The highest BCUT2D eigenvalue weighted by Crippen LogP contribution is 2.23. The molecule has 0 aliphatic carbocycles. The molecule has 0 bridgehead atoms. The molecule has 1 saturated heterocycles. The van der Waals surface area contributed by atoms with Gasteiger partial charge in [0.25, 0.3) is 5.91 Å². The maximum atomic E-state index is 13.4. The van der Waals surface area contributed by atoms with Crippen molar-refractivity contribution in [1.29, 1.82) is 0 Å². The lowest BCUT2D eigenvalue weighted by molar-refractivity contribution is -0.140. The van der Waals surface area contributed by atoms with E-state index >= 15 is 0 Å². The number of aromatic amines is 1. The van der Waals surface area contributed by atoms with Crippen LogP contribution in [0.4, 0.5) is 0 Å². The van der Waals surface area contributed by atoms with E-state index in [2.05, 4.69) is 34.2 Å². The van der Waals surface area contributed by atoms with Crippen LogP contribution in [0.2, 0.25) is 0 Å². The Labute approximate surface area is 194 Å². The number of nitrogens with one attached hydrogen (secondary N) is 1. The third-order valence-corrected chi connectivity index (χ3v) is 6.17. The number of aromatic nitrogens is 3. The molecule has 1 N–H and O–H groups in total. The van der Waals surface area contributed by atoms with Crippen molar-refractivity contribution in [2.75, 3.05) is 19.6 Å². The molecule has 1 aliphatic rings. The van der Waals surface area contributed by atoms with Gasteiger partial charge in [-0.2, -0.15) is 5.10 Å². The van der Waals surface area contributed by atoms with Crippen molar-refractivity contribution in [2.45, 2.75) is 45.6 Å². The summed E-state index contributed by atoms with van der Waals surface area (Å²) in [7, 11) is 0. The Kier molecular flexibility index (Phi) is 6.87. The highest BCUT2D eigenvalue weighted by atomic mass is 16.2. The van der Waals surface area contributed by atoms with Crippen LogP contribution < -0.4 is 0 Å². The van der Waals surface area contributed by atoms with E-state index in [4.69, 9.17) is 0 Å². The molecule has 0 spiro atoms. The fourth-order valence-corrected chi connectivity index (χ4v) is 4.26. The first-order valence-electron chi connectivity index (χ1n) is 11.6. The zero-order valence-corrected chi connectivity index (χ0v) is 19.5. The van der Waals surface area contributed by atoms with Gasteiger partial charge in [-0.25, -0.2) is 0 Å². The largest absolute Gasteiger partial charge is 0.339 e. The molecule has 1 aromatic carbocycles. The summed E-state index contributed by atoms with van der Waals surface area (Å²) in [6, 6.07) is 13.4. The summed E-state index contributed by atoms with van der Waals surface area (Å²) in [5.74, 6) is 0.0622. The van der Waals surface area contributed by atoms with E-state index in [1.54, 1.807) is 23.4 Å². The number of piperazine rings is 1. The Hall–Kier alpha value is -3.48. The Morgan fingerprint density at radius 2 is 1.79 bits per heavy atom. The molecule has 4 rings (SSSR count). The number of rotatable bonds is 7. The predicted octanol–water partition coefficient (Wildman–Crippen LogP) is 3.90. The van der Waals surface area contributed by atoms with Gasteiger partial charge in [-0.15, -0.1) is 0 Å². The van der Waals surface area contributed by atoms with Gasteiger partial charge in [-0.1, -0.05) is 45.0 Å². The van der Waals surface area contributed by atoms with Gasteiger partial charge in [-0.3, -0.25) is 19.7 Å². The number of carbonyl (C=O) groups is 2. The van der Waals surface area contributed by atoms with Crippen molar-refractivity contribution in [1.82, 2.24) is 25.0 Å². The average molecular weight is 446 g/mol. The highest BCUT2D eigenvalue weighted by Gasteiger charge is 2.38. The highest BCUT2D eigenvalue weighted by molar-refractivity contribution is 5.97. The summed E-state index contributed by atoms with van der Waals surface area (Å²) in [5.41, 5.74) is 4.49. The van der Waals surface area contributed by atoms with Gasteiger partial charge in [0.05, 0.1) is 0 Å². The normalized spacial score (nSPS) is 16.5. The Balaban J connectivity index is 1.57. The van der Waals surface area contributed by atoms with Crippen LogP contribution in [0.3, 0.4) is 0 Å². The summed E-state index contributed by atoms with van der Waals surface area (Å²) in [6.07, 6.45) is 4.91. The van der Waals surface area contributed by atoms with Gasteiger partial charge in [0.1, 0.15) is 11.7 Å². The minimum Gasteiger partial charge on any atom is -0.339 e. The third kappa shape index (κ3) is 4.97. The van der Waals surface area contributed by atoms with Crippen LogP contribution in [0.5, 0.6) is 0 Å². The lowest BCUT2D eigenvalue weighted by Gasteiger charge is -2.40. The van der Waals surface area contributed by atoms with E-state index in [0.717, 1.165) is 28.8 Å². The van der Waals surface area contributed by atoms with E-state index in [9.17, 15) is 9.59 Å². The third-order valence-electron chi connectivity index (χ3n) is 6.17. The molecule has 0 saturated carbocycles. The van der Waals surface area contributed by atoms with Crippen molar-refractivity contribution in [3.63, 3.8) is 0 Å². The van der Waals surface area contributed by atoms with Crippen molar-refractivity contribution < 1.29 is 9.59 Å². The number of hydrogen-bond acceptors (Lipinski definition) is 4.